The molecule has 0 fully saturated rings. The average Bonchev–Trinajstić information content (AvgIpc) is 3.38. The van der Waals surface area contributed by atoms with E-state index in [0.29, 0.717) is 5.41 Å². The molecule has 0 saturated heterocycles. The molecule has 1 aliphatic heterocycles. The first kappa shape index (κ1) is 33.3. The highest BCUT2D eigenvalue weighted by molar-refractivity contribution is 5.95. The molecule has 218 valence electrons. The second kappa shape index (κ2) is 15.8. The maximum Gasteiger partial charge on any atom is 0.0611 e. The first-order valence-electron chi connectivity index (χ1n) is 14.7. The number of rotatable bonds is 8. The Kier molecular flexibility index (Phi) is 12.8. The Labute approximate surface area is 249 Å². The summed E-state index contributed by atoms with van der Waals surface area (Å²) in [7, 11) is 0. The van der Waals surface area contributed by atoms with E-state index in [0.717, 1.165) is 59.1 Å². The number of hydrogen-bond acceptors (Lipinski definition) is 4. The van der Waals surface area contributed by atoms with Gasteiger partial charge >= 0.3 is 0 Å². The monoisotopic (exact) mass is 550 g/mol. The summed E-state index contributed by atoms with van der Waals surface area (Å²) in [4.78, 5) is 9.04. The van der Waals surface area contributed by atoms with Gasteiger partial charge in [0.25, 0.3) is 0 Å². The number of aryl methyl sites for hydroxylation is 2. The van der Waals surface area contributed by atoms with Gasteiger partial charge < -0.3 is 10.6 Å². The van der Waals surface area contributed by atoms with Gasteiger partial charge in [0, 0.05) is 51.9 Å². The van der Waals surface area contributed by atoms with Crippen LogP contribution >= 0.6 is 0 Å². The van der Waals surface area contributed by atoms with Gasteiger partial charge in [-0.05, 0) is 91.8 Å². The van der Waals surface area contributed by atoms with Crippen LogP contribution in [0.2, 0.25) is 0 Å². The van der Waals surface area contributed by atoms with Crippen LogP contribution in [0.3, 0.4) is 0 Å². The Hall–Kier alpha value is -3.92. The number of nitrogens with zero attached hydrogens (tertiary/aromatic N) is 2. The normalized spacial score (nSPS) is 12.1. The maximum absolute atomic E-state index is 4.73. The highest BCUT2D eigenvalue weighted by Crippen LogP contribution is 2.28. The first-order chi connectivity index (χ1) is 19.4. The minimum Gasteiger partial charge on any atom is -0.360 e. The maximum atomic E-state index is 4.73. The van der Waals surface area contributed by atoms with Crippen LogP contribution in [0.25, 0.3) is 5.70 Å². The Morgan fingerprint density at radius 1 is 0.902 bits per heavy atom. The molecule has 4 heteroatoms. The molecule has 1 aliphatic rings. The molecule has 0 spiro atoms. The number of nitrogens with one attached hydrogen (secondary N) is 2. The SMILES string of the molecule is C=C(C)Nc1ccc(NC(=C)c2ccccc2Cc2cc(CC)cc(C)n2)cc1.CC.CC1=NCC(C(C)(C)C)=C1. The van der Waals surface area contributed by atoms with Crippen LogP contribution in [-0.2, 0) is 12.8 Å². The Morgan fingerprint density at radius 3 is 2.02 bits per heavy atom. The van der Waals surface area contributed by atoms with Crippen molar-refractivity contribution in [2.75, 3.05) is 17.2 Å². The number of aliphatic imine (C=N–C) groups is 1. The minimum absolute atomic E-state index is 0.307. The van der Waals surface area contributed by atoms with Gasteiger partial charge in [0.2, 0.25) is 0 Å². The molecule has 1 aromatic heterocycles. The van der Waals surface area contributed by atoms with Crippen LogP contribution in [0.4, 0.5) is 11.4 Å². The lowest BCUT2D eigenvalue weighted by molar-refractivity contribution is 0.499. The molecule has 41 heavy (non-hydrogen) atoms. The largest absolute Gasteiger partial charge is 0.360 e. The summed E-state index contributed by atoms with van der Waals surface area (Å²) in [5, 5.41) is 6.65. The van der Waals surface area contributed by atoms with Crippen LogP contribution in [0.1, 0.15) is 83.5 Å². The summed E-state index contributed by atoms with van der Waals surface area (Å²) in [6, 6.07) is 20.9. The number of benzene rings is 2. The van der Waals surface area contributed by atoms with Crippen molar-refractivity contribution < 1.29 is 0 Å². The fourth-order valence-corrected chi connectivity index (χ4v) is 4.41. The lowest BCUT2D eigenvalue weighted by atomic mass is 9.87. The van der Waals surface area contributed by atoms with Crippen LogP contribution in [0.15, 0.2) is 96.2 Å². The molecule has 4 rings (SSSR count). The number of aromatic nitrogens is 1. The van der Waals surface area contributed by atoms with Crippen molar-refractivity contribution in [1.82, 2.24) is 4.98 Å². The van der Waals surface area contributed by atoms with E-state index in [1.165, 1.54) is 22.4 Å². The summed E-state index contributed by atoms with van der Waals surface area (Å²) in [6.07, 6.45) is 4.00. The molecule has 0 saturated carbocycles. The van der Waals surface area contributed by atoms with Crippen LogP contribution in [-0.4, -0.2) is 17.2 Å². The van der Waals surface area contributed by atoms with Crippen molar-refractivity contribution in [3.8, 4) is 0 Å². The van der Waals surface area contributed by atoms with Crippen LogP contribution in [0.5, 0.6) is 0 Å². The van der Waals surface area contributed by atoms with E-state index in [1.54, 1.807) is 0 Å². The van der Waals surface area contributed by atoms with E-state index in [4.69, 9.17) is 4.98 Å². The number of allylic oxidation sites excluding steroid dienone is 2. The standard InChI is InChI=1S/C26H29N3.C9H15N.C2H6/c1-6-21-15-19(4)28-25(16-21)17-22-9-7-8-10-26(22)20(5)29-24-13-11-23(12-14-24)27-18(2)3;1-7-5-8(6-10-7)9(2,3)4;1-2/h7-16,27,29H,2,5-6,17H2,1,3-4H3;5H,6H2,1-4H3;1-2H3. The lowest BCUT2D eigenvalue weighted by Gasteiger charge is -2.18. The average molecular weight is 551 g/mol. The molecule has 2 N–H and O–H groups in total. The highest BCUT2D eigenvalue weighted by atomic mass is 14.9. The van der Waals surface area contributed by atoms with Crippen molar-refractivity contribution in [2.45, 2.75) is 75.2 Å². The Balaban J connectivity index is 0.000000410. The summed E-state index contributed by atoms with van der Waals surface area (Å²) >= 11 is 0. The molecular weight excluding hydrogens is 500 g/mol. The molecule has 2 heterocycles. The quantitative estimate of drug-likeness (QED) is 0.293. The van der Waals surface area contributed by atoms with Crippen molar-refractivity contribution in [1.29, 1.82) is 0 Å². The molecule has 0 bridgehead atoms. The van der Waals surface area contributed by atoms with E-state index in [1.807, 2.05) is 51.1 Å². The number of anilines is 2. The summed E-state index contributed by atoms with van der Waals surface area (Å²) in [5.41, 5.74) is 12.6. The van der Waals surface area contributed by atoms with Gasteiger partial charge in [0.15, 0.2) is 0 Å². The minimum atomic E-state index is 0.307. The summed E-state index contributed by atoms with van der Waals surface area (Å²) in [6.45, 7) is 28.0. The predicted octanol–water partition coefficient (Wildman–Crippen LogP) is 10.0. The molecule has 0 atom stereocenters. The Morgan fingerprint density at radius 2 is 1.51 bits per heavy atom. The van der Waals surface area contributed by atoms with Crippen molar-refractivity contribution in [2.24, 2.45) is 10.4 Å². The zero-order chi connectivity index (χ0) is 30.6. The zero-order valence-electron chi connectivity index (χ0n) is 26.8. The van der Waals surface area contributed by atoms with E-state index in [9.17, 15) is 0 Å². The van der Waals surface area contributed by atoms with Crippen LogP contribution < -0.4 is 10.6 Å². The van der Waals surface area contributed by atoms with E-state index in [2.05, 4.69) is 107 Å². The van der Waals surface area contributed by atoms with Gasteiger partial charge in [-0.1, -0.05) is 79.0 Å². The molecular formula is C37H50N4. The number of hydrogen-bond donors (Lipinski definition) is 2. The second-order valence-electron chi connectivity index (χ2n) is 11.3. The molecule has 2 aromatic carbocycles. The molecule has 0 radical (unpaired) electrons. The molecule has 4 nitrogen and oxygen atoms in total. The highest BCUT2D eigenvalue weighted by Gasteiger charge is 2.19. The number of pyridine rings is 1. The van der Waals surface area contributed by atoms with Gasteiger partial charge in [0.05, 0.1) is 6.54 Å². The van der Waals surface area contributed by atoms with Gasteiger partial charge in [-0.2, -0.15) is 0 Å². The van der Waals surface area contributed by atoms with Crippen molar-refractivity contribution >= 4 is 22.8 Å². The fraction of sp³-hybridized carbons (Fsp3) is 0.351. The Bertz CT molecular complexity index is 1370. The topological polar surface area (TPSA) is 49.3 Å². The fourth-order valence-electron chi connectivity index (χ4n) is 4.41. The summed E-state index contributed by atoms with van der Waals surface area (Å²) in [5.74, 6) is 0. The van der Waals surface area contributed by atoms with Gasteiger partial charge in [0.1, 0.15) is 0 Å². The first-order valence-corrected chi connectivity index (χ1v) is 14.7. The third kappa shape index (κ3) is 10.9. The van der Waals surface area contributed by atoms with Crippen molar-refractivity contribution in [3.63, 3.8) is 0 Å². The van der Waals surface area contributed by atoms with Gasteiger partial charge in [-0.25, -0.2) is 0 Å². The van der Waals surface area contributed by atoms with E-state index in [-0.39, 0.29) is 0 Å². The molecule has 0 unspecified atom stereocenters. The lowest BCUT2D eigenvalue weighted by Crippen LogP contribution is -2.09. The van der Waals surface area contributed by atoms with E-state index < -0.39 is 0 Å². The van der Waals surface area contributed by atoms with Crippen LogP contribution in [0, 0.1) is 12.3 Å². The zero-order valence-corrected chi connectivity index (χ0v) is 26.8. The van der Waals surface area contributed by atoms with E-state index >= 15 is 0 Å². The smallest absolute Gasteiger partial charge is 0.0611 e. The van der Waals surface area contributed by atoms with Gasteiger partial charge in [-0.15, -0.1) is 0 Å². The summed E-state index contributed by atoms with van der Waals surface area (Å²) < 4.78 is 0. The third-order valence-corrected chi connectivity index (χ3v) is 6.57. The molecule has 3 aromatic rings. The molecule has 0 amide bonds. The van der Waals surface area contributed by atoms with Gasteiger partial charge in [-0.3, -0.25) is 9.98 Å². The van der Waals surface area contributed by atoms with Crippen molar-refractivity contribution in [3.05, 3.63) is 119 Å². The predicted molar refractivity (Wildman–Crippen MR) is 182 cm³/mol. The molecule has 0 aliphatic carbocycles. The third-order valence-electron chi connectivity index (χ3n) is 6.57. The second-order valence-corrected chi connectivity index (χ2v) is 11.3.